The molecule has 0 aliphatic carbocycles. The molecule has 0 spiro atoms. The van der Waals surface area contributed by atoms with Crippen LogP contribution >= 0.6 is 0 Å². The van der Waals surface area contributed by atoms with Gasteiger partial charge in [-0.2, -0.15) is 0 Å². The van der Waals surface area contributed by atoms with Gasteiger partial charge < -0.3 is 19.1 Å². The van der Waals surface area contributed by atoms with Gasteiger partial charge in [0.25, 0.3) is 0 Å². The molecule has 32 heavy (non-hydrogen) atoms. The van der Waals surface area contributed by atoms with Crippen molar-refractivity contribution >= 4 is 22.0 Å². The molecule has 3 rings (SSSR count). The number of amides is 1. The zero-order chi connectivity index (χ0) is 23.3. The Morgan fingerprint density at radius 2 is 1.81 bits per heavy atom. The van der Waals surface area contributed by atoms with Crippen molar-refractivity contribution in [3.8, 4) is 17.2 Å². The van der Waals surface area contributed by atoms with Crippen LogP contribution in [0.25, 0.3) is 6.08 Å². The minimum Gasteiger partial charge on any atom is -0.495 e. The SMILES string of the molecule is CCN(Cc1ccc2c(c1)OCCO2)C(=O)C=Cc1ccc(OC)c(S(=O)(=O)N(C)C)c1. The molecule has 0 radical (unpaired) electrons. The van der Waals surface area contributed by atoms with Crippen molar-refractivity contribution in [3.63, 3.8) is 0 Å². The van der Waals surface area contributed by atoms with Crippen molar-refractivity contribution in [2.24, 2.45) is 0 Å². The molecular weight excluding hydrogens is 432 g/mol. The molecule has 0 aromatic heterocycles. The van der Waals surface area contributed by atoms with Gasteiger partial charge in [0.2, 0.25) is 15.9 Å². The second-order valence-corrected chi connectivity index (χ2v) is 9.48. The molecule has 0 saturated heterocycles. The summed E-state index contributed by atoms with van der Waals surface area (Å²) in [7, 11) is 0.636. The summed E-state index contributed by atoms with van der Waals surface area (Å²) in [6.45, 7) is 3.86. The number of rotatable bonds is 8. The molecule has 1 aliphatic heterocycles. The molecule has 172 valence electrons. The van der Waals surface area contributed by atoms with Crippen LogP contribution in [0.2, 0.25) is 0 Å². The average Bonchev–Trinajstić information content (AvgIpc) is 2.80. The summed E-state index contributed by atoms with van der Waals surface area (Å²) >= 11 is 0. The van der Waals surface area contributed by atoms with Crippen molar-refractivity contribution in [3.05, 3.63) is 53.6 Å². The number of methoxy groups -OCH3 is 1. The minimum absolute atomic E-state index is 0.0447. The fourth-order valence-corrected chi connectivity index (χ4v) is 4.30. The minimum atomic E-state index is -3.69. The van der Waals surface area contributed by atoms with Gasteiger partial charge in [0.1, 0.15) is 23.9 Å². The first-order valence-electron chi connectivity index (χ1n) is 10.2. The largest absolute Gasteiger partial charge is 0.495 e. The Balaban J connectivity index is 1.77. The van der Waals surface area contributed by atoms with E-state index in [4.69, 9.17) is 14.2 Å². The maximum absolute atomic E-state index is 12.8. The number of likely N-dealkylation sites (N-methyl/N-ethyl adjacent to an activating group) is 1. The normalized spacial score (nSPS) is 13.4. The predicted octanol–water partition coefficient (Wildman–Crippen LogP) is 2.78. The van der Waals surface area contributed by atoms with E-state index in [1.54, 1.807) is 23.1 Å². The number of hydrogen-bond acceptors (Lipinski definition) is 6. The molecule has 2 aromatic carbocycles. The van der Waals surface area contributed by atoms with Crippen LogP contribution < -0.4 is 14.2 Å². The van der Waals surface area contributed by atoms with E-state index in [0.717, 1.165) is 9.87 Å². The van der Waals surface area contributed by atoms with Crippen molar-refractivity contribution < 1.29 is 27.4 Å². The van der Waals surface area contributed by atoms with Crippen LogP contribution in [-0.2, 0) is 21.4 Å². The highest BCUT2D eigenvalue weighted by Gasteiger charge is 2.22. The third-order valence-electron chi connectivity index (χ3n) is 5.04. The maximum Gasteiger partial charge on any atom is 0.246 e. The van der Waals surface area contributed by atoms with Gasteiger partial charge in [-0.15, -0.1) is 0 Å². The Morgan fingerprint density at radius 1 is 1.09 bits per heavy atom. The molecule has 1 amide bonds. The summed E-state index contributed by atoms with van der Waals surface area (Å²) in [4.78, 5) is 14.5. The molecule has 0 N–H and O–H groups in total. The number of fused-ring (bicyclic) bond motifs is 1. The van der Waals surface area contributed by atoms with Crippen molar-refractivity contribution in [2.75, 3.05) is 41.0 Å². The standard InChI is InChI=1S/C23H28N2O6S/c1-5-25(16-18-7-9-19-21(14-18)31-13-12-30-19)23(26)11-8-17-6-10-20(29-4)22(15-17)32(27,28)24(2)3/h6-11,14-15H,5,12-13,16H2,1-4H3. The first-order chi connectivity index (χ1) is 15.3. The van der Waals surface area contributed by atoms with Crippen LogP contribution in [0.15, 0.2) is 47.4 Å². The summed E-state index contributed by atoms with van der Waals surface area (Å²) in [5, 5.41) is 0. The molecule has 9 heteroatoms. The molecule has 2 aromatic rings. The van der Waals surface area contributed by atoms with Gasteiger partial charge in [-0.1, -0.05) is 12.1 Å². The molecule has 0 saturated carbocycles. The smallest absolute Gasteiger partial charge is 0.246 e. The number of carbonyl (C=O) groups excluding carboxylic acids is 1. The van der Waals surface area contributed by atoms with E-state index >= 15 is 0 Å². The van der Waals surface area contributed by atoms with Crippen LogP contribution in [0.5, 0.6) is 17.2 Å². The predicted molar refractivity (Wildman–Crippen MR) is 121 cm³/mol. The van der Waals surface area contributed by atoms with Crippen LogP contribution in [0, 0.1) is 0 Å². The van der Waals surface area contributed by atoms with E-state index < -0.39 is 10.0 Å². The topological polar surface area (TPSA) is 85.4 Å². The van der Waals surface area contributed by atoms with Crippen LogP contribution in [0.1, 0.15) is 18.1 Å². The Labute approximate surface area is 189 Å². The molecule has 1 heterocycles. The van der Waals surface area contributed by atoms with E-state index in [1.807, 2.05) is 25.1 Å². The highest BCUT2D eigenvalue weighted by molar-refractivity contribution is 7.89. The Kier molecular flexibility index (Phi) is 7.42. The number of carbonyl (C=O) groups is 1. The number of sulfonamides is 1. The molecular formula is C23H28N2O6S. The number of hydrogen-bond donors (Lipinski definition) is 0. The van der Waals surface area contributed by atoms with Gasteiger partial charge in [0, 0.05) is 33.3 Å². The first kappa shape index (κ1) is 23.6. The summed E-state index contributed by atoms with van der Waals surface area (Å²) in [5.41, 5.74) is 1.51. The molecule has 8 nitrogen and oxygen atoms in total. The zero-order valence-corrected chi connectivity index (χ0v) is 19.5. The highest BCUT2D eigenvalue weighted by Crippen LogP contribution is 2.31. The van der Waals surface area contributed by atoms with E-state index in [2.05, 4.69) is 0 Å². The zero-order valence-electron chi connectivity index (χ0n) is 18.7. The summed E-state index contributed by atoms with van der Waals surface area (Å²) in [6.07, 6.45) is 3.04. The maximum atomic E-state index is 12.8. The van der Waals surface area contributed by atoms with Crippen LogP contribution in [-0.4, -0.2) is 64.5 Å². The Bertz CT molecular complexity index is 1110. The Hall–Kier alpha value is -3.04. The van der Waals surface area contributed by atoms with Crippen molar-refractivity contribution in [2.45, 2.75) is 18.4 Å². The Morgan fingerprint density at radius 3 is 2.47 bits per heavy atom. The van der Waals surface area contributed by atoms with Gasteiger partial charge >= 0.3 is 0 Å². The van der Waals surface area contributed by atoms with Crippen molar-refractivity contribution in [1.29, 1.82) is 0 Å². The number of ether oxygens (including phenoxy) is 3. The molecule has 0 atom stereocenters. The highest BCUT2D eigenvalue weighted by atomic mass is 32.2. The van der Waals surface area contributed by atoms with E-state index in [1.165, 1.54) is 33.3 Å². The quantitative estimate of drug-likeness (QED) is 0.563. The van der Waals surface area contributed by atoms with E-state index in [-0.39, 0.29) is 16.6 Å². The van der Waals surface area contributed by atoms with Gasteiger partial charge in [-0.05, 0) is 48.4 Å². The summed E-state index contributed by atoms with van der Waals surface area (Å²) < 4.78 is 42.7. The fraction of sp³-hybridized carbons (Fsp3) is 0.348. The number of benzene rings is 2. The third-order valence-corrected chi connectivity index (χ3v) is 6.87. The second-order valence-electron chi connectivity index (χ2n) is 7.36. The average molecular weight is 461 g/mol. The van der Waals surface area contributed by atoms with Crippen LogP contribution in [0.3, 0.4) is 0 Å². The monoisotopic (exact) mass is 460 g/mol. The number of nitrogens with zero attached hydrogens (tertiary/aromatic N) is 2. The molecule has 1 aliphatic rings. The fourth-order valence-electron chi connectivity index (χ4n) is 3.22. The van der Waals surface area contributed by atoms with Gasteiger partial charge in [-0.25, -0.2) is 12.7 Å². The third kappa shape index (κ3) is 5.23. The first-order valence-corrected chi connectivity index (χ1v) is 11.7. The van der Waals surface area contributed by atoms with E-state index in [0.29, 0.717) is 43.4 Å². The summed E-state index contributed by atoms with van der Waals surface area (Å²) in [6, 6.07) is 10.4. The van der Waals surface area contributed by atoms with Gasteiger partial charge in [-0.3, -0.25) is 4.79 Å². The lowest BCUT2D eigenvalue weighted by Crippen LogP contribution is -2.28. The van der Waals surface area contributed by atoms with Crippen LogP contribution in [0.4, 0.5) is 0 Å². The molecule has 0 unspecified atom stereocenters. The molecule has 0 fully saturated rings. The second kappa shape index (κ2) is 10.1. The van der Waals surface area contributed by atoms with Gasteiger partial charge in [0.15, 0.2) is 11.5 Å². The molecule has 0 bridgehead atoms. The van der Waals surface area contributed by atoms with E-state index in [9.17, 15) is 13.2 Å². The lowest BCUT2D eigenvalue weighted by Gasteiger charge is -2.22. The lowest BCUT2D eigenvalue weighted by atomic mass is 10.1. The van der Waals surface area contributed by atoms with Gasteiger partial charge in [0.05, 0.1) is 7.11 Å². The lowest BCUT2D eigenvalue weighted by molar-refractivity contribution is -0.126. The summed E-state index contributed by atoms with van der Waals surface area (Å²) in [5.74, 6) is 1.45. The van der Waals surface area contributed by atoms with Crippen molar-refractivity contribution in [1.82, 2.24) is 9.21 Å².